The Morgan fingerprint density at radius 2 is 2.37 bits per heavy atom. The molecule has 1 fully saturated rings. The van der Waals surface area contributed by atoms with Crippen LogP contribution in [0.3, 0.4) is 0 Å². The average Bonchev–Trinajstić information content (AvgIpc) is 2.69. The number of nitro benzene ring substituents is 1. The molecule has 1 N–H and O–H groups in total. The Balaban J connectivity index is 2.08. The first-order chi connectivity index (χ1) is 8.92. The van der Waals surface area contributed by atoms with Gasteiger partial charge in [-0.1, -0.05) is 6.07 Å². The molecule has 0 amide bonds. The van der Waals surface area contributed by atoms with Crippen molar-refractivity contribution in [2.75, 3.05) is 6.61 Å². The van der Waals surface area contributed by atoms with Gasteiger partial charge in [0.1, 0.15) is 0 Å². The summed E-state index contributed by atoms with van der Waals surface area (Å²) in [6.07, 6.45) is 1.10. The second kappa shape index (κ2) is 5.56. The molecule has 1 aromatic rings. The van der Waals surface area contributed by atoms with Crippen LogP contribution in [0.2, 0.25) is 0 Å². The van der Waals surface area contributed by atoms with E-state index in [1.807, 2.05) is 13.0 Å². The van der Waals surface area contributed by atoms with Crippen molar-refractivity contribution < 1.29 is 9.66 Å². The zero-order chi connectivity index (χ0) is 14.0. The SMILES string of the molecule is CC1OCCC1(C)NCc1ccc(Br)c([N+](=O)[O-])c1. The Morgan fingerprint density at radius 3 is 2.95 bits per heavy atom. The Labute approximate surface area is 120 Å². The molecule has 104 valence electrons. The minimum absolute atomic E-state index is 0.0676. The standard InChI is InChI=1S/C13H17BrN2O3/c1-9-13(2,5-6-19-9)15-8-10-3-4-11(14)12(7-10)16(17)18/h3-4,7,9,15H,5-6,8H2,1-2H3. The van der Waals surface area contributed by atoms with Crippen LogP contribution in [0.25, 0.3) is 0 Å². The summed E-state index contributed by atoms with van der Waals surface area (Å²) in [4.78, 5) is 10.5. The van der Waals surface area contributed by atoms with E-state index >= 15 is 0 Å². The minimum Gasteiger partial charge on any atom is -0.377 e. The van der Waals surface area contributed by atoms with E-state index in [1.165, 1.54) is 0 Å². The number of rotatable bonds is 4. The van der Waals surface area contributed by atoms with Gasteiger partial charge in [0.25, 0.3) is 5.69 Å². The van der Waals surface area contributed by atoms with E-state index in [4.69, 9.17) is 4.74 Å². The largest absolute Gasteiger partial charge is 0.377 e. The van der Waals surface area contributed by atoms with Gasteiger partial charge < -0.3 is 10.1 Å². The number of benzene rings is 1. The van der Waals surface area contributed by atoms with Crippen molar-refractivity contribution in [1.29, 1.82) is 0 Å². The van der Waals surface area contributed by atoms with E-state index in [2.05, 4.69) is 28.2 Å². The number of nitro groups is 1. The molecule has 0 aliphatic carbocycles. The van der Waals surface area contributed by atoms with Crippen LogP contribution in [0, 0.1) is 10.1 Å². The van der Waals surface area contributed by atoms with E-state index in [0.717, 1.165) is 18.6 Å². The van der Waals surface area contributed by atoms with Gasteiger partial charge in [0, 0.05) is 24.8 Å². The number of nitrogens with zero attached hydrogens (tertiary/aromatic N) is 1. The monoisotopic (exact) mass is 328 g/mol. The highest BCUT2D eigenvalue weighted by Crippen LogP contribution is 2.28. The maximum Gasteiger partial charge on any atom is 0.283 e. The fourth-order valence-corrected chi connectivity index (χ4v) is 2.57. The first kappa shape index (κ1) is 14.4. The summed E-state index contributed by atoms with van der Waals surface area (Å²) < 4.78 is 6.06. The summed E-state index contributed by atoms with van der Waals surface area (Å²) >= 11 is 3.19. The summed E-state index contributed by atoms with van der Waals surface area (Å²) in [5.74, 6) is 0. The van der Waals surface area contributed by atoms with E-state index in [9.17, 15) is 10.1 Å². The van der Waals surface area contributed by atoms with Crippen molar-refractivity contribution in [3.8, 4) is 0 Å². The predicted molar refractivity (Wildman–Crippen MR) is 76.1 cm³/mol. The van der Waals surface area contributed by atoms with Crippen molar-refractivity contribution in [1.82, 2.24) is 5.32 Å². The van der Waals surface area contributed by atoms with Gasteiger partial charge in [-0.2, -0.15) is 0 Å². The molecule has 1 aliphatic heterocycles. The summed E-state index contributed by atoms with van der Waals surface area (Å²) in [7, 11) is 0. The Morgan fingerprint density at radius 1 is 1.63 bits per heavy atom. The van der Waals surface area contributed by atoms with Crippen molar-refractivity contribution in [3.63, 3.8) is 0 Å². The fraction of sp³-hybridized carbons (Fsp3) is 0.538. The van der Waals surface area contributed by atoms with E-state index in [-0.39, 0.29) is 22.3 Å². The Hall–Kier alpha value is -0.980. The zero-order valence-electron chi connectivity index (χ0n) is 11.0. The van der Waals surface area contributed by atoms with E-state index < -0.39 is 0 Å². The lowest BCUT2D eigenvalue weighted by Crippen LogP contribution is -2.47. The van der Waals surface area contributed by atoms with Crippen LogP contribution in [0.4, 0.5) is 5.69 Å². The van der Waals surface area contributed by atoms with Crippen LogP contribution in [-0.2, 0) is 11.3 Å². The van der Waals surface area contributed by atoms with Crippen LogP contribution in [-0.4, -0.2) is 23.2 Å². The highest BCUT2D eigenvalue weighted by atomic mass is 79.9. The molecule has 0 saturated carbocycles. The molecular formula is C13H17BrN2O3. The molecule has 1 heterocycles. The van der Waals surface area contributed by atoms with Crippen molar-refractivity contribution in [2.45, 2.75) is 38.5 Å². The summed E-state index contributed by atoms with van der Waals surface area (Å²) in [5, 5.41) is 14.3. The second-order valence-corrected chi connectivity index (χ2v) is 5.93. The summed E-state index contributed by atoms with van der Waals surface area (Å²) in [6.45, 7) is 5.52. The van der Waals surface area contributed by atoms with Gasteiger partial charge >= 0.3 is 0 Å². The molecule has 0 aromatic heterocycles. The van der Waals surface area contributed by atoms with Crippen molar-refractivity contribution in [3.05, 3.63) is 38.3 Å². The molecule has 0 radical (unpaired) electrons. The van der Waals surface area contributed by atoms with Crippen LogP contribution >= 0.6 is 15.9 Å². The number of hydrogen-bond donors (Lipinski definition) is 1. The molecule has 6 heteroatoms. The van der Waals surface area contributed by atoms with Crippen LogP contribution in [0.5, 0.6) is 0 Å². The quantitative estimate of drug-likeness (QED) is 0.681. The van der Waals surface area contributed by atoms with Gasteiger partial charge in [-0.15, -0.1) is 0 Å². The lowest BCUT2D eigenvalue weighted by molar-refractivity contribution is -0.385. The normalized spacial score (nSPS) is 26.6. The molecule has 2 unspecified atom stereocenters. The fourth-order valence-electron chi connectivity index (χ4n) is 2.18. The van der Waals surface area contributed by atoms with Gasteiger partial charge in [-0.25, -0.2) is 0 Å². The second-order valence-electron chi connectivity index (χ2n) is 5.08. The molecule has 1 aromatic carbocycles. The zero-order valence-corrected chi connectivity index (χ0v) is 12.6. The summed E-state index contributed by atoms with van der Waals surface area (Å²) in [5.41, 5.74) is 0.928. The topological polar surface area (TPSA) is 64.4 Å². The maximum absolute atomic E-state index is 10.9. The number of halogens is 1. The number of nitrogens with one attached hydrogen (secondary N) is 1. The van der Waals surface area contributed by atoms with Gasteiger partial charge in [0.15, 0.2) is 0 Å². The van der Waals surface area contributed by atoms with Crippen molar-refractivity contribution in [2.24, 2.45) is 0 Å². The molecule has 2 rings (SSSR count). The highest BCUT2D eigenvalue weighted by molar-refractivity contribution is 9.10. The van der Waals surface area contributed by atoms with Crippen LogP contribution < -0.4 is 5.32 Å². The smallest absolute Gasteiger partial charge is 0.283 e. The van der Waals surface area contributed by atoms with Crippen LogP contribution in [0.15, 0.2) is 22.7 Å². The molecular weight excluding hydrogens is 312 g/mol. The minimum atomic E-state index is -0.378. The molecule has 5 nitrogen and oxygen atoms in total. The average molecular weight is 329 g/mol. The van der Waals surface area contributed by atoms with Gasteiger partial charge in [0.2, 0.25) is 0 Å². The predicted octanol–water partition coefficient (Wildman–Crippen LogP) is 3.01. The first-order valence-electron chi connectivity index (χ1n) is 6.22. The van der Waals surface area contributed by atoms with Gasteiger partial charge in [0.05, 0.1) is 15.5 Å². The Kier molecular flexibility index (Phi) is 4.23. The third kappa shape index (κ3) is 3.13. The molecule has 19 heavy (non-hydrogen) atoms. The third-order valence-electron chi connectivity index (χ3n) is 3.79. The highest BCUT2D eigenvalue weighted by Gasteiger charge is 2.36. The van der Waals surface area contributed by atoms with E-state index in [0.29, 0.717) is 11.0 Å². The van der Waals surface area contributed by atoms with Gasteiger partial charge in [-0.3, -0.25) is 10.1 Å². The Bertz CT molecular complexity index is 495. The molecule has 0 bridgehead atoms. The van der Waals surface area contributed by atoms with E-state index in [1.54, 1.807) is 12.1 Å². The lowest BCUT2D eigenvalue weighted by Gasteiger charge is -2.29. The number of hydrogen-bond acceptors (Lipinski definition) is 4. The van der Waals surface area contributed by atoms with Gasteiger partial charge in [-0.05, 0) is 47.8 Å². The van der Waals surface area contributed by atoms with Crippen molar-refractivity contribution >= 4 is 21.6 Å². The van der Waals surface area contributed by atoms with Crippen LogP contribution in [0.1, 0.15) is 25.8 Å². The molecule has 0 spiro atoms. The summed E-state index contributed by atoms with van der Waals surface area (Å²) in [6, 6.07) is 5.20. The number of ether oxygens (including phenoxy) is 1. The maximum atomic E-state index is 10.9. The lowest BCUT2D eigenvalue weighted by atomic mass is 9.94. The molecule has 1 aliphatic rings. The molecule has 2 atom stereocenters. The molecule has 1 saturated heterocycles. The third-order valence-corrected chi connectivity index (χ3v) is 4.46. The first-order valence-corrected chi connectivity index (χ1v) is 7.01.